The Labute approximate surface area is 127 Å². The third-order valence-corrected chi connectivity index (χ3v) is 4.76. The molecule has 1 aliphatic rings. The van der Waals surface area contributed by atoms with Crippen molar-refractivity contribution in [1.82, 2.24) is 10.2 Å². The zero-order valence-corrected chi connectivity index (χ0v) is 13.1. The fourth-order valence-electron chi connectivity index (χ4n) is 2.87. The van der Waals surface area contributed by atoms with Gasteiger partial charge in [-0.1, -0.05) is 30.3 Å². The highest BCUT2D eigenvalue weighted by atomic mass is 16.1. The molecule has 4 heteroatoms. The zero-order valence-electron chi connectivity index (χ0n) is 13.1. The van der Waals surface area contributed by atoms with E-state index in [0.29, 0.717) is 12.8 Å². The van der Waals surface area contributed by atoms with E-state index in [1.54, 1.807) is 0 Å². The topological polar surface area (TPSA) is 58.4 Å². The van der Waals surface area contributed by atoms with Gasteiger partial charge in [-0.2, -0.15) is 0 Å². The predicted octanol–water partition coefficient (Wildman–Crippen LogP) is 2.07. The lowest BCUT2D eigenvalue weighted by atomic mass is 9.75. The van der Waals surface area contributed by atoms with Crippen LogP contribution in [0.1, 0.15) is 43.7 Å². The molecule has 1 atom stereocenters. The first-order valence-corrected chi connectivity index (χ1v) is 7.78. The van der Waals surface area contributed by atoms with Gasteiger partial charge >= 0.3 is 0 Å². The molecular formula is C17H27N3O. The summed E-state index contributed by atoms with van der Waals surface area (Å²) in [5, 5.41) is 3.08. The number of carbonyl (C=O) groups excluding carboxylic acids is 1. The Balaban J connectivity index is 1.73. The quantitative estimate of drug-likeness (QED) is 0.808. The van der Waals surface area contributed by atoms with Crippen LogP contribution in [-0.2, 0) is 4.79 Å². The molecule has 1 amide bonds. The molecule has 116 valence electrons. The molecule has 1 aliphatic carbocycles. The number of hydrogen-bond donors (Lipinski definition) is 2. The molecule has 1 aromatic carbocycles. The van der Waals surface area contributed by atoms with E-state index in [9.17, 15) is 4.79 Å². The molecule has 1 fully saturated rings. The minimum atomic E-state index is -0.0662. The van der Waals surface area contributed by atoms with Crippen LogP contribution < -0.4 is 11.1 Å². The smallest absolute Gasteiger partial charge is 0.220 e. The first-order chi connectivity index (χ1) is 10.0. The van der Waals surface area contributed by atoms with Gasteiger partial charge in [0.2, 0.25) is 5.91 Å². The summed E-state index contributed by atoms with van der Waals surface area (Å²) in [6.45, 7) is 0.749. The normalized spacial score (nSPS) is 18.1. The standard InChI is InChI=1S/C17H27N3O/c1-20(2)17(11-6-12-17)13-19-16(21)10-9-15(18)14-7-4-3-5-8-14/h3-5,7-8,15H,6,9-13,18H2,1-2H3,(H,19,21). The largest absolute Gasteiger partial charge is 0.354 e. The van der Waals surface area contributed by atoms with Crippen LogP contribution in [0.15, 0.2) is 30.3 Å². The van der Waals surface area contributed by atoms with Gasteiger partial charge in [-0.3, -0.25) is 4.79 Å². The average molecular weight is 289 g/mol. The van der Waals surface area contributed by atoms with Crippen LogP contribution in [0.3, 0.4) is 0 Å². The van der Waals surface area contributed by atoms with Gasteiger partial charge in [0.15, 0.2) is 0 Å². The van der Waals surface area contributed by atoms with Gasteiger partial charge in [0, 0.05) is 24.5 Å². The summed E-state index contributed by atoms with van der Waals surface area (Å²) in [4.78, 5) is 14.2. The van der Waals surface area contributed by atoms with E-state index in [-0.39, 0.29) is 17.5 Å². The summed E-state index contributed by atoms with van der Waals surface area (Å²) in [6.07, 6.45) is 4.77. The van der Waals surface area contributed by atoms with E-state index in [1.807, 2.05) is 30.3 Å². The Morgan fingerprint density at radius 3 is 2.52 bits per heavy atom. The van der Waals surface area contributed by atoms with Crippen LogP contribution in [-0.4, -0.2) is 37.0 Å². The summed E-state index contributed by atoms with van der Waals surface area (Å²) in [7, 11) is 4.19. The lowest BCUT2D eigenvalue weighted by Gasteiger charge is -2.47. The molecule has 0 spiro atoms. The van der Waals surface area contributed by atoms with E-state index in [4.69, 9.17) is 5.73 Å². The highest BCUT2D eigenvalue weighted by Crippen LogP contribution is 2.35. The zero-order chi connectivity index (χ0) is 15.3. The molecular weight excluding hydrogens is 262 g/mol. The number of amides is 1. The van der Waals surface area contributed by atoms with Crippen molar-refractivity contribution < 1.29 is 4.79 Å². The molecule has 1 unspecified atom stereocenters. The molecule has 0 radical (unpaired) electrons. The van der Waals surface area contributed by atoms with Gasteiger partial charge in [-0.25, -0.2) is 0 Å². The number of rotatable bonds is 7. The van der Waals surface area contributed by atoms with Crippen molar-refractivity contribution in [2.75, 3.05) is 20.6 Å². The highest BCUT2D eigenvalue weighted by molar-refractivity contribution is 5.76. The van der Waals surface area contributed by atoms with Gasteiger partial charge in [0.1, 0.15) is 0 Å². The number of benzene rings is 1. The minimum Gasteiger partial charge on any atom is -0.354 e. The summed E-state index contributed by atoms with van der Waals surface area (Å²) < 4.78 is 0. The van der Waals surface area contributed by atoms with Gasteiger partial charge in [-0.15, -0.1) is 0 Å². The maximum Gasteiger partial charge on any atom is 0.220 e. The van der Waals surface area contributed by atoms with Gasteiger partial charge in [-0.05, 0) is 45.3 Å². The van der Waals surface area contributed by atoms with E-state index >= 15 is 0 Å². The molecule has 0 bridgehead atoms. The lowest BCUT2D eigenvalue weighted by Crippen LogP contribution is -2.57. The third-order valence-electron chi connectivity index (χ3n) is 4.76. The van der Waals surface area contributed by atoms with Crippen molar-refractivity contribution in [2.24, 2.45) is 5.73 Å². The average Bonchev–Trinajstić information content (AvgIpc) is 2.44. The summed E-state index contributed by atoms with van der Waals surface area (Å²) in [5.41, 5.74) is 7.39. The number of likely N-dealkylation sites (N-methyl/N-ethyl adjacent to an activating group) is 1. The van der Waals surface area contributed by atoms with Gasteiger partial charge < -0.3 is 16.0 Å². The third kappa shape index (κ3) is 4.05. The van der Waals surface area contributed by atoms with Crippen LogP contribution in [0.4, 0.5) is 0 Å². The maximum atomic E-state index is 12.0. The van der Waals surface area contributed by atoms with Crippen molar-refractivity contribution in [1.29, 1.82) is 0 Å². The van der Waals surface area contributed by atoms with E-state index in [0.717, 1.165) is 12.1 Å². The molecule has 1 aromatic rings. The summed E-state index contributed by atoms with van der Waals surface area (Å²) >= 11 is 0. The SMILES string of the molecule is CN(C)C1(CNC(=O)CCC(N)c2ccccc2)CCC1. The Kier molecular flexibility index (Phi) is 5.37. The molecule has 0 heterocycles. The predicted molar refractivity (Wildman–Crippen MR) is 85.9 cm³/mol. The Hall–Kier alpha value is -1.39. The first-order valence-electron chi connectivity index (χ1n) is 7.78. The highest BCUT2D eigenvalue weighted by Gasteiger charge is 2.39. The van der Waals surface area contributed by atoms with E-state index in [1.165, 1.54) is 19.3 Å². The molecule has 21 heavy (non-hydrogen) atoms. The second-order valence-corrected chi connectivity index (χ2v) is 6.30. The molecule has 0 aliphatic heterocycles. The molecule has 2 rings (SSSR count). The van der Waals surface area contributed by atoms with Crippen LogP contribution in [0.5, 0.6) is 0 Å². The number of nitrogens with two attached hydrogens (primary N) is 1. The van der Waals surface area contributed by atoms with E-state index in [2.05, 4.69) is 24.3 Å². The second-order valence-electron chi connectivity index (χ2n) is 6.30. The Morgan fingerprint density at radius 2 is 2.00 bits per heavy atom. The van der Waals surface area contributed by atoms with Crippen molar-refractivity contribution in [3.05, 3.63) is 35.9 Å². The molecule has 0 saturated heterocycles. The second kappa shape index (κ2) is 7.05. The number of nitrogens with one attached hydrogen (secondary N) is 1. The summed E-state index contributed by atoms with van der Waals surface area (Å²) in [6, 6.07) is 9.89. The first kappa shape index (κ1) is 16.0. The number of nitrogens with zero attached hydrogens (tertiary/aromatic N) is 1. The van der Waals surface area contributed by atoms with Gasteiger partial charge in [0.05, 0.1) is 0 Å². The molecule has 0 aromatic heterocycles. The Morgan fingerprint density at radius 1 is 1.33 bits per heavy atom. The maximum absolute atomic E-state index is 12.0. The van der Waals surface area contributed by atoms with Crippen LogP contribution in [0, 0.1) is 0 Å². The Bertz CT molecular complexity index is 454. The van der Waals surface area contributed by atoms with Crippen LogP contribution in [0.25, 0.3) is 0 Å². The molecule has 1 saturated carbocycles. The van der Waals surface area contributed by atoms with Crippen molar-refractivity contribution in [2.45, 2.75) is 43.7 Å². The fourth-order valence-corrected chi connectivity index (χ4v) is 2.87. The summed E-state index contributed by atoms with van der Waals surface area (Å²) in [5.74, 6) is 0.106. The fraction of sp³-hybridized carbons (Fsp3) is 0.588. The van der Waals surface area contributed by atoms with E-state index < -0.39 is 0 Å². The molecule has 4 nitrogen and oxygen atoms in total. The van der Waals surface area contributed by atoms with Crippen molar-refractivity contribution >= 4 is 5.91 Å². The monoisotopic (exact) mass is 289 g/mol. The minimum absolute atomic E-state index is 0.0662. The lowest BCUT2D eigenvalue weighted by molar-refractivity contribution is -0.122. The number of carbonyl (C=O) groups is 1. The van der Waals surface area contributed by atoms with Gasteiger partial charge in [0.25, 0.3) is 0 Å². The molecule has 3 N–H and O–H groups in total. The van der Waals surface area contributed by atoms with Crippen molar-refractivity contribution in [3.63, 3.8) is 0 Å². The van der Waals surface area contributed by atoms with Crippen LogP contribution in [0.2, 0.25) is 0 Å². The number of hydrogen-bond acceptors (Lipinski definition) is 3. The van der Waals surface area contributed by atoms with Crippen LogP contribution >= 0.6 is 0 Å². The van der Waals surface area contributed by atoms with Crippen molar-refractivity contribution in [3.8, 4) is 0 Å².